The Labute approximate surface area is 75.9 Å². The number of alkyl halides is 3. The van der Waals surface area contributed by atoms with Gasteiger partial charge in [-0.05, 0) is 12.8 Å². The van der Waals surface area contributed by atoms with Crippen molar-refractivity contribution in [1.29, 1.82) is 0 Å². The first-order chi connectivity index (χ1) is 6.03. The maximum absolute atomic E-state index is 11.9. The Morgan fingerprint density at radius 3 is 2.23 bits per heavy atom. The van der Waals surface area contributed by atoms with Crippen LogP contribution in [0.1, 0.15) is 19.3 Å². The van der Waals surface area contributed by atoms with Crippen molar-refractivity contribution in [3.63, 3.8) is 0 Å². The Morgan fingerprint density at radius 1 is 1.23 bits per heavy atom. The van der Waals surface area contributed by atoms with Crippen molar-refractivity contribution in [3.05, 3.63) is 0 Å². The Morgan fingerprint density at radius 2 is 1.85 bits per heavy atom. The van der Waals surface area contributed by atoms with Crippen molar-refractivity contribution < 1.29 is 13.2 Å². The van der Waals surface area contributed by atoms with Gasteiger partial charge in [-0.25, -0.2) is 0 Å². The summed E-state index contributed by atoms with van der Waals surface area (Å²) in [5, 5.41) is 0. The number of halogens is 3. The van der Waals surface area contributed by atoms with Crippen LogP contribution in [-0.2, 0) is 0 Å². The van der Waals surface area contributed by atoms with Crippen molar-refractivity contribution in [2.24, 2.45) is 5.73 Å². The molecule has 0 saturated heterocycles. The molecule has 5 heteroatoms. The van der Waals surface area contributed by atoms with Gasteiger partial charge < -0.3 is 5.73 Å². The number of nitrogens with zero attached hydrogens (tertiary/aromatic N) is 1. The Bertz CT molecular complexity index is 154. The quantitative estimate of drug-likeness (QED) is 0.719. The summed E-state index contributed by atoms with van der Waals surface area (Å²) in [5.41, 5.74) is 5.31. The zero-order valence-corrected chi connectivity index (χ0v) is 7.48. The lowest BCUT2D eigenvalue weighted by molar-refractivity contribution is -0.138. The largest absolute Gasteiger partial charge is 0.390 e. The number of rotatable bonds is 5. The summed E-state index contributed by atoms with van der Waals surface area (Å²) in [6, 6.07) is 0.367. The fourth-order valence-electron chi connectivity index (χ4n) is 1.35. The van der Waals surface area contributed by atoms with E-state index in [0.29, 0.717) is 19.1 Å². The smallest absolute Gasteiger partial charge is 0.329 e. The molecule has 2 nitrogen and oxygen atoms in total. The molecule has 13 heavy (non-hydrogen) atoms. The van der Waals surface area contributed by atoms with E-state index < -0.39 is 12.6 Å². The molecule has 1 saturated carbocycles. The van der Waals surface area contributed by atoms with Gasteiger partial charge in [0.05, 0.1) is 6.42 Å². The summed E-state index contributed by atoms with van der Waals surface area (Å²) in [4.78, 5) is 1.84. The highest BCUT2D eigenvalue weighted by Crippen LogP contribution is 2.28. The van der Waals surface area contributed by atoms with Crippen LogP contribution in [0.4, 0.5) is 13.2 Å². The average molecular weight is 196 g/mol. The van der Waals surface area contributed by atoms with Gasteiger partial charge >= 0.3 is 6.18 Å². The van der Waals surface area contributed by atoms with Crippen molar-refractivity contribution in [2.45, 2.75) is 31.5 Å². The van der Waals surface area contributed by atoms with Gasteiger partial charge in [-0.3, -0.25) is 4.90 Å². The minimum atomic E-state index is -4.04. The predicted molar refractivity (Wildman–Crippen MR) is 44.3 cm³/mol. The zero-order chi connectivity index (χ0) is 9.90. The standard InChI is InChI=1S/C8H15F3N2/c9-8(10,11)3-5-13(6-4-12)7-1-2-7/h7H,1-6,12H2. The van der Waals surface area contributed by atoms with Gasteiger partial charge in [0.1, 0.15) is 0 Å². The van der Waals surface area contributed by atoms with Crippen LogP contribution < -0.4 is 5.73 Å². The first kappa shape index (κ1) is 10.8. The van der Waals surface area contributed by atoms with Gasteiger partial charge in [0.2, 0.25) is 0 Å². The summed E-state index contributed by atoms with van der Waals surface area (Å²) in [6.07, 6.45) is -2.71. The molecule has 2 N–H and O–H groups in total. The summed E-state index contributed by atoms with van der Waals surface area (Å²) in [7, 11) is 0. The Kier molecular flexibility index (Phi) is 3.55. The topological polar surface area (TPSA) is 29.3 Å². The van der Waals surface area contributed by atoms with Gasteiger partial charge in [0, 0.05) is 25.7 Å². The molecular formula is C8H15F3N2. The third-order valence-electron chi connectivity index (χ3n) is 2.16. The third kappa shape index (κ3) is 4.47. The lowest BCUT2D eigenvalue weighted by Crippen LogP contribution is -2.34. The number of nitrogens with two attached hydrogens (primary N) is 1. The van der Waals surface area contributed by atoms with E-state index in [0.717, 1.165) is 12.8 Å². The van der Waals surface area contributed by atoms with E-state index in [4.69, 9.17) is 5.73 Å². The lowest BCUT2D eigenvalue weighted by Gasteiger charge is -2.21. The molecule has 1 aliphatic rings. The molecule has 0 heterocycles. The molecule has 1 fully saturated rings. The van der Waals surface area contributed by atoms with E-state index in [1.807, 2.05) is 4.90 Å². The molecule has 0 aromatic carbocycles. The van der Waals surface area contributed by atoms with Gasteiger partial charge in [-0.2, -0.15) is 13.2 Å². The average Bonchev–Trinajstić information content (AvgIpc) is 2.78. The highest BCUT2D eigenvalue weighted by Gasteiger charge is 2.33. The predicted octanol–water partition coefficient (Wildman–Crippen LogP) is 1.36. The molecule has 1 rings (SSSR count). The summed E-state index contributed by atoms with van der Waals surface area (Å²) in [5.74, 6) is 0. The van der Waals surface area contributed by atoms with Gasteiger partial charge in [0.25, 0.3) is 0 Å². The van der Waals surface area contributed by atoms with Crippen LogP contribution in [0.3, 0.4) is 0 Å². The maximum Gasteiger partial charge on any atom is 0.390 e. The van der Waals surface area contributed by atoms with Crippen LogP contribution in [-0.4, -0.2) is 36.8 Å². The lowest BCUT2D eigenvalue weighted by atomic mass is 10.3. The van der Waals surface area contributed by atoms with Crippen molar-refractivity contribution in [2.75, 3.05) is 19.6 Å². The van der Waals surface area contributed by atoms with Crippen LogP contribution in [0.5, 0.6) is 0 Å². The second-order valence-corrected chi connectivity index (χ2v) is 3.42. The summed E-state index contributed by atoms with van der Waals surface area (Å²) in [6.45, 7) is 1.13. The molecule has 0 amide bonds. The summed E-state index contributed by atoms with van der Waals surface area (Å²) < 4.78 is 35.6. The van der Waals surface area contributed by atoms with Gasteiger partial charge in [-0.15, -0.1) is 0 Å². The zero-order valence-electron chi connectivity index (χ0n) is 7.48. The molecule has 0 unspecified atom stereocenters. The van der Waals surface area contributed by atoms with Crippen LogP contribution in [0.2, 0.25) is 0 Å². The Hall–Kier alpha value is -0.290. The molecule has 0 bridgehead atoms. The molecule has 1 aliphatic carbocycles. The minimum Gasteiger partial charge on any atom is -0.329 e. The highest BCUT2D eigenvalue weighted by molar-refractivity contribution is 4.84. The van der Waals surface area contributed by atoms with Crippen molar-refractivity contribution >= 4 is 0 Å². The highest BCUT2D eigenvalue weighted by atomic mass is 19.4. The molecule has 0 atom stereocenters. The van der Waals surface area contributed by atoms with E-state index >= 15 is 0 Å². The van der Waals surface area contributed by atoms with Crippen LogP contribution >= 0.6 is 0 Å². The van der Waals surface area contributed by atoms with Crippen molar-refractivity contribution in [3.8, 4) is 0 Å². The molecule has 0 aromatic heterocycles. The Balaban J connectivity index is 2.22. The molecule has 0 aliphatic heterocycles. The number of hydrogen-bond donors (Lipinski definition) is 1. The minimum absolute atomic E-state index is 0.103. The normalized spacial score (nSPS) is 18.2. The fraction of sp³-hybridized carbons (Fsp3) is 1.00. The molecule has 0 radical (unpaired) electrons. The monoisotopic (exact) mass is 196 g/mol. The molecule has 0 aromatic rings. The molecular weight excluding hydrogens is 181 g/mol. The van der Waals surface area contributed by atoms with Crippen LogP contribution in [0, 0.1) is 0 Å². The van der Waals surface area contributed by atoms with Crippen LogP contribution in [0.15, 0.2) is 0 Å². The summed E-state index contributed by atoms with van der Waals surface area (Å²) >= 11 is 0. The number of hydrogen-bond acceptors (Lipinski definition) is 2. The van der Waals surface area contributed by atoms with Crippen LogP contribution in [0.25, 0.3) is 0 Å². The van der Waals surface area contributed by atoms with E-state index in [1.165, 1.54) is 0 Å². The van der Waals surface area contributed by atoms with Crippen molar-refractivity contribution in [1.82, 2.24) is 4.90 Å². The molecule has 0 spiro atoms. The fourth-order valence-corrected chi connectivity index (χ4v) is 1.35. The first-order valence-corrected chi connectivity index (χ1v) is 4.54. The van der Waals surface area contributed by atoms with E-state index in [2.05, 4.69) is 0 Å². The maximum atomic E-state index is 11.9. The molecule has 78 valence electrons. The SMILES string of the molecule is NCCN(CCC(F)(F)F)C1CC1. The van der Waals surface area contributed by atoms with Gasteiger partial charge in [0.15, 0.2) is 0 Å². The van der Waals surface area contributed by atoms with E-state index in [-0.39, 0.29) is 6.54 Å². The van der Waals surface area contributed by atoms with E-state index in [9.17, 15) is 13.2 Å². The van der Waals surface area contributed by atoms with Gasteiger partial charge in [-0.1, -0.05) is 0 Å². The van der Waals surface area contributed by atoms with E-state index in [1.54, 1.807) is 0 Å². The second-order valence-electron chi connectivity index (χ2n) is 3.42. The first-order valence-electron chi connectivity index (χ1n) is 4.54. The second kappa shape index (κ2) is 4.28. The third-order valence-corrected chi connectivity index (χ3v) is 2.16.